The van der Waals surface area contributed by atoms with E-state index in [1.54, 1.807) is 0 Å². The molecule has 0 amide bonds. The third-order valence-electron chi connectivity index (χ3n) is 5.11. The zero-order chi connectivity index (χ0) is 13.8. The maximum Gasteiger partial charge on any atom is 0.461 e. The fraction of sp³-hybridized carbons (Fsp3) is 0.625. The molecule has 1 fully saturated rings. The summed E-state index contributed by atoms with van der Waals surface area (Å²) in [6, 6.07) is 6.60. The number of hydrogen-bond acceptors (Lipinski definition) is 2. The summed E-state index contributed by atoms with van der Waals surface area (Å²) in [4.78, 5) is 0. The van der Waals surface area contributed by atoms with E-state index in [1.807, 2.05) is 0 Å². The Morgan fingerprint density at radius 1 is 1.05 bits per heavy atom. The number of rotatable bonds is 1. The van der Waals surface area contributed by atoms with Gasteiger partial charge in [-0.1, -0.05) is 18.2 Å². The zero-order valence-corrected chi connectivity index (χ0v) is 12.6. The van der Waals surface area contributed by atoms with Crippen molar-refractivity contribution in [1.82, 2.24) is 0 Å². The Morgan fingerprint density at radius 3 is 2.26 bits per heavy atom. The second-order valence-electron chi connectivity index (χ2n) is 7.01. The van der Waals surface area contributed by atoms with E-state index >= 15 is 0 Å². The first-order valence-electron chi connectivity index (χ1n) is 7.23. The third-order valence-corrected chi connectivity index (χ3v) is 5.11. The lowest BCUT2D eigenvalue weighted by Gasteiger charge is -2.32. The molecule has 1 aromatic carbocycles. The molecule has 0 spiro atoms. The van der Waals surface area contributed by atoms with E-state index in [2.05, 4.69) is 52.8 Å². The van der Waals surface area contributed by atoms with Gasteiger partial charge in [0.25, 0.3) is 0 Å². The molecule has 1 aromatic rings. The molecule has 3 rings (SSSR count). The third kappa shape index (κ3) is 2.04. The number of aryl methyl sites for hydroxylation is 1. The second-order valence-corrected chi connectivity index (χ2v) is 7.01. The van der Waals surface area contributed by atoms with Crippen molar-refractivity contribution in [2.45, 2.75) is 64.5 Å². The monoisotopic (exact) mass is 258 g/mol. The van der Waals surface area contributed by atoms with Crippen molar-refractivity contribution in [2.24, 2.45) is 0 Å². The van der Waals surface area contributed by atoms with Gasteiger partial charge in [-0.25, -0.2) is 0 Å². The SMILES string of the molecule is Cc1cccc2c1CC(B1OC(C)(C)C(C)(C)O1)C2. The normalized spacial score (nSPS) is 27.6. The van der Waals surface area contributed by atoms with Crippen LogP contribution in [0, 0.1) is 6.92 Å². The molecule has 0 saturated carbocycles. The van der Waals surface area contributed by atoms with Crippen molar-refractivity contribution in [3.05, 3.63) is 34.9 Å². The van der Waals surface area contributed by atoms with Gasteiger partial charge in [0.05, 0.1) is 11.2 Å². The molecular weight excluding hydrogens is 235 g/mol. The zero-order valence-electron chi connectivity index (χ0n) is 12.6. The fourth-order valence-electron chi connectivity index (χ4n) is 3.14. The van der Waals surface area contributed by atoms with Crippen molar-refractivity contribution in [2.75, 3.05) is 0 Å². The Hall–Kier alpha value is -0.795. The van der Waals surface area contributed by atoms with Gasteiger partial charge >= 0.3 is 7.12 Å². The minimum atomic E-state index is -0.221. The first kappa shape index (κ1) is 13.2. The predicted octanol–water partition coefficient (Wildman–Crippen LogP) is 3.56. The number of hydrogen-bond donors (Lipinski definition) is 0. The van der Waals surface area contributed by atoms with Gasteiger partial charge in [0, 0.05) is 5.82 Å². The molecule has 2 nitrogen and oxygen atoms in total. The summed E-state index contributed by atoms with van der Waals surface area (Å²) < 4.78 is 12.4. The van der Waals surface area contributed by atoms with E-state index in [-0.39, 0.29) is 18.3 Å². The van der Waals surface area contributed by atoms with Crippen LogP contribution in [0.4, 0.5) is 0 Å². The molecule has 1 heterocycles. The summed E-state index contributed by atoms with van der Waals surface area (Å²) in [5.74, 6) is 0.456. The van der Waals surface area contributed by atoms with Crippen molar-refractivity contribution < 1.29 is 9.31 Å². The van der Waals surface area contributed by atoms with Crippen molar-refractivity contribution in [3.63, 3.8) is 0 Å². The Balaban J connectivity index is 1.80. The molecule has 1 aliphatic carbocycles. The van der Waals surface area contributed by atoms with Crippen LogP contribution in [0.25, 0.3) is 0 Å². The minimum Gasteiger partial charge on any atom is -0.403 e. The number of benzene rings is 1. The molecule has 102 valence electrons. The highest BCUT2D eigenvalue weighted by Gasteiger charge is 2.54. The Kier molecular flexibility index (Phi) is 2.85. The first-order chi connectivity index (χ1) is 8.80. The molecule has 1 atom stereocenters. The van der Waals surface area contributed by atoms with Crippen LogP contribution in [0.1, 0.15) is 44.4 Å². The van der Waals surface area contributed by atoms with Gasteiger partial charge in [-0.3, -0.25) is 0 Å². The highest BCUT2D eigenvalue weighted by atomic mass is 16.7. The molecule has 1 saturated heterocycles. The highest BCUT2D eigenvalue weighted by Crippen LogP contribution is 2.44. The summed E-state index contributed by atoms with van der Waals surface area (Å²) in [5.41, 5.74) is 3.93. The maximum absolute atomic E-state index is 6.20. The van der Waals surface area contributed by atoms with Gasteiger partial charge in [0.1, 0.15) is 0 Å². The van der Waals surface area contributed by atoms with Gasteiger partial charge < -0.3 is 9.31 Å². The Labute approximate surface area is 116 Å². The minimum absolute atomic E-state index is 0.0724. The smallest absolute Gasteiger partial charge is 0.403 e. The quantitative estimate of drug-likeness (QED) is 0.717. The molecule has 19 heavy (non-hydrogen) atoms. The Morgan fingerprint density at radius 2 is 1.68 bits per heavy atom. The van der Waals surface area contributed by atoms with Gasteiger partial charge in [-0.2, -0.15) is 0 Å². The van der Waals surface area contributed by atoms with Crippen LogP contribution in [0.3, 0.4) is 0 Å². The van der Waals surface area contributed by atoms with E-state index in [0.29, 0.717) is 5.82 Å². The summed E-state index contributed by atoms with van der Waals surface area (Å²) in [7, 11) is -0.0724. The summed E-state index contributed by atoms with van der Waals surface area (Å²) in [6.07, 6.45) is 2.16. The highest BCUT2D eigenvalue weighted by molar-refractivity contribution is 6.47. The van der Waals surface area contributed by atoms with Gasteiger partial charge in [-0.15, -0.1) is 0 Å². The van der Waals surface area contributed by atoms with Crippen molar-refractivity contribution in [3.8, 4) is 0 Å². The van der Waals surface area contributed by atoms with E-state index < -0.39 is 0 Å². The lowest BCUT2D eigenvalue weighted by atomic mass is 9.70. The molecule has 0 N–H and O–H groups in total. The van der Waals surface area contributed by atoms with Crippen LogP contribution < -0.4 is 0 Å². The average molecular weight is 258 g/mol. The van der Waals surface area contributed by atoms with Gasteiger partial charge in [0.2, 0.25) is 0 Å². The van der Waals surface area contributed by atoms with E-state index in [4.69, 9.17) is 9.31 Å². The molecule has 1 aliphatic heterocycles. The molecular formula is C16H23BO2. The molecule has 2 aliphatic rings. The topological polar surface area (TPSA) is 18.5 Å². The predicted molar refractivity (Wildman–Crippen MR) is 78.4 cm³/mol. The Bertz CT molecular complexity index is 491. The molecule has 0 bridgehead atoms. The first-order valence-corrected chi connectivity index (χ1v) is 7.23. The van der Waals surface area contributed by atoms with E-state index in [9.17, 15) is 0 Å². The fourth-order valence-corrected chi connectivity index (χ4v) is 3.14. The van der Waals surface area contributed by atoms with Gasteiger partial charge in [0.15, 0.2) is 0 Å². The van der Waals surface area contributed by atoms with Crippen LogP contribution in [0.15, 0.2) is 18.2 Å². The van der Waals surface area contributed by atoms with Crippen molar-refractivity contribution in [1.29, 1.82) is 0 Å². The summed E-state index contributed by atoms with van der Waals surface area (Å²) in [5, 5.41) is 0. The van der Waals surface area contributed by atoms with Gasteiger partial charge in [-0.05, 0) is 64.2 Å². The van der Waals surface area contributed by atoms with Crippen LogP contribution in [0.2, 0.25) is 5.82 Å². The van der Waals surface area contributed by atoms with Crippen LogP contribution in [0.5, 0.6) is 0 Å². The van der Waals surface area contributed by atoms with Crippen molar-refractivity contribution >= 4 is 7.12 Å². The standard InChI is InChI=1S/C16H23BO2/c1-11-7-6-8-12-9-13(10-14(11)12)17-18-15(2,3)16(4,5)19-17/h6-8,13H,9-10H2,1-5H3. The lowest BCUT2D eigenvalue weighted by Crippen LogP contribution is -2.41. The van der Waals surface area contributed by atoms with E-state index in [0.717, 1.165) is 12.8 Å². The van der Waals surface area contributed by atoms with Crippen LogP contribution >= 0.6 is 0 Å². The number of fused-ring (bicyclic) bond motifs is 1. The summed E-state index contributed by atoms with van der Waals surface area (Å²) >= 11 is 0. The van der Waals surface area contributed by atoms with Crippen LogP contribution in [-0.4, -0.2) is 18.3 Å². The largest absolute Gasteiger partial charge is 0.461 e. The molecule has 0 radical (unpaired) electrons. The summed E-state index contributed by atoms with van der Waals surface area (Å²) in [6.45, 7) is 10.7. The van der Waals surface area contributed by atoms with Crippen LogP contribution in [-0.2, 0) is 22.2 Å². The second kappa shape index (κ2) is 4.10. The maximum atomic E-state index is 6.20. The lowest BCUT2D eigenvalue weighted by molar-refractivity contribution is 0.00578. The average Bonchev–Trinajstić information content (AvgIpc) is 2.80. The molecule has 1 unspecified atom stereocenters. The molecule has 0 aromatic heterocycles. The van der Waals surface area contributed by atoms with E-state index in [1.165, 1.54) is 16.7 Å². The molecule has 3 heteroatoms.